The molecule has 7 aromatic rings. The number of halogens is 2. The van der Waals surface area contributed by atoms with Crippen molar-refractivity contribution in [3.05, 3.63) is 128 Å². The molecule has 0 amide bonds. The van der Waals surface area contributed by atoms with Crippen molar-refractivity contribution in [1.82, 2.24) is 13.7 Å². The molecule has 0 saturated heterocycles. The van der Waals surface area contributed by atoms with Gasteiger partial charge in [0.2, 0.25) is 5.43 Å². The van der Waals surface area contributed by atoms with Crippen molar-refractivity contribution in [2.24, 2.45) is 4.99 Å². The highest BCUT2D eigenvalue weighted by Gasteiger charge is 2.21. The molecule has 0 radical (unpaired) electrons. The number of thiophene rings is 1. The van der Waals surface area contributed by atoms with Crippen molar-refractivity contribution in [2.75, 3.05) is 4.90 Å². The molecule has 0 fully saturated rings. The van der Waals surface area contributed by atoms with Crippen LogP contribution in [0.5, 0.6) is 0 Å². The number of pyridine rings is 1. The van der Waals surface area contributed by atoms with Crippen molar-refractivity contribution in [1.29, 1.82) is 0 Å². The Bertz CT molecular complexity index is 2290. The molecular formula is C32H19F2N5O2S2. The van der Waals surface area contributed by atoms with E-state index in [-0.39, 0.29) is 16.6 Å². The Hall–Kier alpha value is -5.00. The van der Waals surface area contributed by atoms with E-state index in [1.54, 1.807) is 17.5 Å². The van der Waals surface area contributed by atoms with E-state index in [2.05, 4.69) is 72.2 Å². The molecule has 0 saturated carbocycles. The number of anilines is 3. The van der Waals surface area contributed by atoms with Gasteiger partial charge in [-0.15, -0.1) is 11.3 Å². The molecule has 7 nitrogen and oxygen atoms in total. The highest BCUT2D eigenvalue weighted by atomic mass is 32.1. The number of benzene rings is 3. The molecule has 0 aliphatic carbocycles. The molecule has 210 valence electrons. The van der Waals surface area contributed by atoms with Gasteiger partial charge >= 0.3 is 0 Å². The third-order valence-corrected chi connectivity index (χ3v) is 8.74. The average Bonchev–Trinajstić information content (AvgIpc) is 3.72. The molecule has 43 heavy (non-hydrogen) atoms. The monoisotopic (exact) mass is 607 g/mol. The lowest BCUT2D eigenvalue weighted by Gasteiger charge is -2.24. The van der Waals surface area contributed by atoms with E-state index in [0.717, 1.165) is 50.2 Å². The Morgan fingerprint density at radius 2 is 1.44 bits per heavy atom. The fourth-order valence-corrected chi connectivity index (χ4v) is 6.57. The van der Waals surface area contributed by atoms with Crippen LogP contribution in [0.4, 0.5) is 31.0 Å². The lowest BCUT2D eigenvalue weighted by molar-refractivity contribution is 0.592. The molecule has 0 aliphatic rings. The van der Waals surface area contributed by atoms with Gasteiger partial charge in [0.05, 0.1) is 17.1 Å². The molecular weight excluding hydrogens is 589 g/mol. The van der Waals surface area contributed by atoms with Gasteiger partial charge in [-0.3, -0.25) is 9.59 Å². The number of rotatable bonds is 5. The summed E-state index contributed by atoms with van der Waals surface area (Å²) >= 11 is 2.50. The number of aryl methyl sites for hydroxylation is 2. The second-order valence-electron chi connectivity index (χ2n) is 10.0. The smallest absolute Gasteiger partial charge is 0.252 e. The Labute approximate surface area is 250 Å². The van der Waals surface area contributed by atoms with Gasteiger partial charge < -0.3 is 4.90 Å². The Kier molecular flexibility index (Phi) is 6.48. The summed E-state index contributed by atoms with van der Waals surface area (Å²) < 4.78 is 37.1. The van der Waals surface area contributed by atoms with Crippen LogP contribution >= 0.6 is 23.1 Å². The zero-order chi connectivity index (χ0) is 29.8. The number of fused-ring (bicyclic) bond motifs is 2. The summed E-state index contributed by atoms with van der Waals surface area (Å²) in [5, 5.41) is -0.102. The number of nitrogens with zero attached hydrogens (tertiary/aromatic N) is 5. The fraction of sp³-hybridized carbons (Fsp3) is 0.0625. The first-order valence-electron chi connectivity index (χ1n) is 13.1. The molecule has 0 unspecified atom stereocenters. The predicted octanol–water partition coefficient (Wildman–Crippen LogP) is 7.16. The average molecular weight is 608 g/mol. The van der Waals surface area contributed by atoms with Gasteiger partial charge in [0.15, 0.2) is 5.82 Å². The van der Waals surface area contributed by atoms with E-state index in [4.69, 9.17) is 0 Å². The number of aromatic nitrogens is 3. The molecule has 0 spiro atoms. The van der Waals surface area contributed by atoms with Crippen LogP contribution in [0.1, 0.15) is 11.1 Å². The van der Waals surface area contributed by atoms with E-state index < -0.39 is 27.9 Å². The zero-order valence-electron chi connectivity index (χ0n) is 22.6. The second kappa shape index (κ2) is 10.4. The maximum absolute atomic E-state index is 14.3. The van der Waals surface area contributed by atoms with Crippen molar-refractivity contribution in [3.63, 3.8) is 0 Å². The molecule has 11 heteroatoms. The number of hydrogen-bond acceptors (Lipinski definition) is 9. The maximum atomic E-state index is 14.3. The van der Waals surface area contributed by atoms with Crippen LogP contribution in [0, 0.1) is 25.5 Å². The highest BCUT2D eigenvalue weighted by molar-refractivity contribution is 7.19. The van der Waals surface area contributed by atoms with E-state index in [1.165, 1.54) is 0 Å². The summed E-state index contributed by atoms with van der Waals surface area (Å²) in [6, 6.07) is 22.1. The van der Waals surface area contributed by atoms with Crippen LogP contribution in [-0.2, 0) is 0 Å². The van der Waals surface area contributed by atoms with Gasteiger partial charge in [-0.1, -0.05) is 35.4 Å². The van der Waals surface area contributed by atoms with Crippen LogP contribution in [-0.4, -0.2) is 13.7 Å². The SMILES string of the molecule is Cc1ccc(N(c2ccc(C)cc2)c2ccc(-c3cnc(/N=c4\c(=O)c(=O)c5c(F)cc(F)cc45)c4nsnc34)s2)cc1. The normalized spacial score (nSPS) is 12.0. The minimum atomic E-state index is -1.11. The molecule has 0 N–H and O–H groups in total. The van der Waals surface area contributed by atoms with Gasteiger partial charge in [0, 0.05) is 39.5 Å². The predicted molar refractivity (Wildman–Crippen MR) is 167 cm³/mol. The van der Waals surface area contributed by atoms with Crippen molar-refractivity contribution >= 4 is 67.1 Å². The summed E-state index contributed by atoms with van der Waals surface area (Å²) in [4.78, 5) is 36.9. The quantitative estimate of drug-likeness (QED) is 0.193. The summed E-state index contributed by atoms with van der Waals surface area (Å²) in [7, 11) is 0. The summed E-state index contributed by atoms with van der Waals surface area (Å²) in [5.74, 6) is -2.01. The van der Waals surface area contributed by atoms with Gasteiger partial charge in [0.1, 0.15) is 33.0 Å². The van der Waals surface area contributed by atoms with E-state index in [9.17, 15) is 18.4 Å². The standard InChI is InChI=1S/C32H19F2N5O2S2/c1-16-3-7-19(8-4-16)39(20-9-5-17(2)6-10-20)25-12-11-24(42-25)22-15-35-32(29-27(22)37-43-38-29)36-28-21-13-18(33)14-23(34)26(21)30(40)31(28)41/h3-15H,1-2H3/b36-28-. The molecule has 4 aromatic carbocycles. The van der Waals surface area contributed by atoms with E-state index >= 15 is 0 Å². The highest BCUT2D eigenvalue weighted by Crippen LogP contribution is 2.43. The molecule has 0 bridgehead atoms. The lowest BCUT2D eigenvalue weighted by Crippen LogP contribution is -2.30. The van der Waals surface area contributed by atoms with Crippen molar-refractivity contribution in [3.8, 4) is 10.4 Å². The largest absolute Gasteiger partial charge is 0.302 e. The van der Waals surface area contributed by atoms with Gasteiger partial charge in [-0.25, -0.2) is 18.8 Å². The molecule has 3 aromatic heterocycles. The van der Waals surface area contributed by atoms with Crippen LogP contribution in [0.15, 0.2) is 93.6 Å². The second-order valence-corrected chi connectivity index (χ2v) is 11.6. The molecule has 0 atom stereocenters. The minimum absolute atomic E-state index is 0.0267. The van der Waals surface area contributed by atoms with Crippen LogP contribution in [0.2, 0.25) is 0 Å². The topological polar surface area (TPSA) is 88.4 Å². The summed E-state index contributed by atoms with van der Waals surface area (Å²) in [5.41, 5.74) is 3.77. The van der Waals surface area contributed by atoms with Gasteiger partial charge in [0.25, 0.3) is 5.43 Å². The van der Waals surface area contributed by atoms with Gasteiger partial charge in [-0.2, -0.15) is 8.75 Å². The summed E-state index contributed by atoms with van der Waals surface area (Å²) in [6.45, 7) is 4.10. The maximum Gasteiger partial charge on any atom is 0.252 e. The molecule has 7 rings (SSSR count). The van der Waals surface area contributed by atoms with E-state index in [0.29, 0.717) is 22.7 Å². The molecule has 0 aliphatic heterocycles. The minimum Gasteiger partial charge on any atom is -0.302 e. The first kappa shape index (κ1) is 26.9. The molecule has 3 heterocycles. The Balaban J connectivity index is 1.35. The Morgan fingerprint density at radius 1 is 0.791 bits per heavy atom. The van der Waals surface area contributed by atoms with Crippen LogP contribution in [0.25, 0.3) is 32.2 Å². The lowest BCUT2D eigenvalue weighted by atomic mass is 10.1. The third kappa shape index (κ3) is 4.62. The van der Waals surface area contributed by atoms with Crippen LogP contribution < -0.4 is 21.1 Å². The van der Waals surface area contributed by atoms with Gasteiger partial charge in [-0.05, 0) is 56.3 Å². The summed E-state index contributed by atoms with van der Waals surface area (Å²) in [6.07, 6.45) is 1.58. The van der Waals surface area contributed by atoms with E-state index in [1.807, 2.05) is 26.0 Å². The Morgan fingerprint density at radius 3 is 2.12 bits per heavy atom. The van der Waals surface area contributed by atoms with Crippen LogP contribution in [0.3, 0.4) is 0 Å². The van der Waals surface area contributed by atoms with Crippen molar-refractivity contribution in [2.45, 2.75) is 13.8 Å². The fourth-order valence-electron chi connectivity index (χ4n) is 4.96. The third-order valence-electron chi connectivity index (χ3n) is 7.11. The van der Waals surface area contributed by atoms with Crippen molar-refractivity contribution < 1.29 is 8.78 Å². The zero-order valence-corrected chi connectivity index (χ0v) is 24.3. The first-order chi connectivity index (χ1) is 20.8. The number of hydrogen-bond donors (Lipinski definition) is 0. The first-order valence-corrected chi connectivity index (χ1v) is 14.7.